The van der Waals surface area contributed by atoms with Crippen molar-refractivity contribution in [1.82, 2.24) is 10.3 Å². The Labute approximate surface area is 133 Å². The summed E-state index contributed by atoms with van der Waals surface area (Å²) in [5.74, 6) is 0.748. The average molecular weight is 397 g/mol. The van der Waals surface area contributed by atoms with Crippen LogP contribution in [0.15, 0.2) is 34.9 Å². The number of hydrogen-bond acceptors (Lipinski definition) is 3. The van der Waals surface area contributed by atoms with Crippen LogP contribution in [-0.2, 0) is 6.42 Å². The number of fused-ring (bicyclic) bond motifs is 1. The van der Waals surface area contributed by atoms with Crippen molar-refractivity contribution < 1.29 is 4.79 Å². The lowest BCUT2D eigenvalue weighted by atomic mass is 9.95. The van der Waals surface area contributed by atoms with Crippen LogP contribution in [0.3, 0.4) is 0 Å². The fourth-order valence-electron chi connectivity index (χ4n) is 2.33. The molecule has 0 saturated heterocycles. The maximum absolute atomic E-state index is 11.8. The minimum absolute atomic E-state index is 0.00371. The van der Waals surface area contributed by atoms with E-state index < -0.39 is 0 Å². The molecule has 2 aromatic rings. The third-order valence-electron chi connectivity index (χ3n) is 3.28. The average Bonchev–Trinajstić information content (AvgIpc) is 2.47. The highest BCUT2D eigenvalue weighted by Gasteiger charge is 2.17. The van der Waals surface area contributed by atoms with Gasteiger partial charge in [-0.2, -0.15) is 0 Å². The second-order valence-electron chi connectivity index (χ2n) is 4.52. The fraction of sp³-hybridized carbons (Fsp3) is 0.143. The van der Waals surface area contributed by atoms with Gasteiger partial charge in [0.25, 0.3) is 5.91 Å². The van der Waals surface area contributed by atoms with E-state index in [1.54, 1.807) is 6.20 Å². The summed E-state index contributed by atoms with van der Waals surface area (Å²) in [6.07, 6.45) is 2.59. The molecular formula is C14H11Br2N3O. The number of benzene rings is 1. The molecule has 20 heavy (non-hydrogen) atoms. The van der Waals surface area contributed by atoms with Gasteiger partial charge in [-0.15, -0.1) is 0 Å². The number of aromatic nitrogens is 1. The Hall–Kier alpha value is -1.40. The first-order chi connectivity index (χ1) is 9.69. The van der Waals surface area contributed by atoms with Gasteiger partial charge in [-0.3, -0.25) is 4.79 Å². The zero-order valence-electron chi connectivity index (χ0n) is 10.4. The van der Waals surface area contributed by atoms with Gasteiger partial charge in [-0.1, -0.05) is 12.1 Å². The Balaban J connectivity index is 2.11. The summed E-state index contributed by atoms with van der Waals surface area (Å²) < 4.78 is 3.82. The molecule has 102 valence electrons. The van der Waals surface area contributed by atoms with Crippen molar-refractivity contribution in [3.63, 3.8) is 0 Å². The number of rotatable bonds is 2. The molecule has 1 aliphatic rings. The van der Waals surface area contributed by atoms with E-state index in [4.69, 9.17) is 0 Å². The zero-order valence-corrected chi connectivity index (χ0v) is 13.6. The molecule has 2 N–H and O–H groups in total. The Morgan fingerprint density at radius 1 is 1.25 bits per heavy atom. The van der Waals surface area contributed by atoms with Crippen LogP contribution < -0.4 is 9.66 Å². The van der Waals surface area contributed by atoms with Gasteiger partial charge < -0.3 is 9.66 Å². The number of nitrogens with zero attached hydrogens (tertiary/aromatic N) is 1. The fourth-order valence-corrected chi connectivity index (χ4v) is 2.98. The first kappa shape index (κ1) is 13.6. The highest BCUT2D eigenvalue weighted by atomic mass is 79.9. The maximum Gasteiger partial charge on any atom is 0.251 e. The van der Waals surface area contributed by atoms with E-state index in [0.29, 0.717) is 6.54 Å². The first-order valence-corrected chi connectivity index (χ1v) is 7.71. The number of carbonyl (C=O) groups excluding carboxylic acids is 1. The Bertz CT molecular complexity index is 688. The molecule has 0 fully saturated rings. The van der Waals surface area contributed by atoms with Gasteiger partial charge in [0.1, 0.15) is 5.82 Å². The van der Waals surface area contributed by atoms with E-state index in [-0.39, 0.29) is 5.91 Å². The SMILES string of the molecule is O=C1NCCc2cc(-c3cc(Br)cnc3NBr)ccc21. The summed E-state index contributed by atoms with van der Waals surface area (Å²) >= 11 is 6.66. The highest BCUT2D eigenvalue weighted by molar-refractivity contribution is 9.10. The van der Waals surface area contributed by atoms with Crippen LogP contribution in [-0.4, -0.2) is 17.4 Å². The molecule has 0 saturated carbocycles. The van der Waals surface area contributed by atoms with Crippen molar-refractivity contribution in [3.05, 3.63) is 46.1 Å². The number of halogens is 2. The third kappa shape index (κ3) is 2.45. The van der Waals surface area contributed by atoms with Crippen molar-refractivity contribution in [3.8, 4) is 11.1 Å². The monoisotopic (exact) mass is 395 g/mol. The quantitative estimate of drug-likeness (QED) is 0.763. The molecule has 0 radical (unpaired) electrons. The van der Waals surface area contributed by atoms with Gasteiger partial charge in [0, 0.05) is 44.5 Å². The van der Waals surface area contributed by atoms with E-state index in [0.717, 1.165) is 39.0 Å². The molecule has 1 aliphatic heterocycles. The second-order valence-corrected chi connectivity index (χ2v) is 5.83. The Morgan fingerprint density at radius 2 is 2.10 bits per heavy atom. The lowest BCUT2D eigenvalue weighted by molar-refractivity contribution is 0.0946. The van der Waals surface area contributed by atoms with Crippen molar-refractivity contribution in [2.24, 2.45) is 0 Å². The lowest BCUT2D eigenvalue weighted by Crippen LogP contribution is -2.31. The standard InChI is InChI=1S/C14H11Br2N3O/c15-10-6-12(13(19-16)18-7-10)8-1-2-11-9(5-8)3-4-17-14(11)20/h1-2,5-7H,3-4H2,(H,17,20)(H,18,19). The second kappa shape index (κ2) is 5.54. The summed E-state index contributed by atoms with van der Waals surface area (Å²) in [5, 5.41) is 2.85. The summed E-state index contributed by atoms with van der Waals surface area (Å²) in [7, 11) is 0. The Morgan fingerprint density at radius 3 is 2.90 bits per heavy atom. The van der Waals surface area contributed by atoms with Gasteiger partial charge in [0.2, 0.25) is 0 Å². The van der Waals surface area contributed by atoms with Crippen LogP contribution in [0, 0.1) is 0 Å². The van der Waals surface area contributed by atoms with Gasteiger partial charge >= 0.3 is 0 Å². The molecular weight excluding hydrogens is 386 g/mol. The smallest absolute Gasteiger partial charge is 0.251 e. The highest BCUT2D eigenvalue weighted by Crippen LogP contribution is 2.31. The van der Waals surface area contributed by atoms with Gasteiger partial charge in [-0.25, -0.2) is 4.98 Å². The van der Waals surface area contributed by atoms with E-state index in [9.17, 15) is 4.79 Å². The molecule has 1 aromatic carbocycles. The number of amides is 1. The third-order valence-corrected chi connectivity index (χ3v) is 4.09. The molecule has 0 atom stereocenters. The van der Waals surface area contributed by atoms with Gasteiger partial charge in [0.05, 0.1) is 0 Å². The number of anilines is 1. The van der Waals surface area contributed by atoms with Gasteiger partial charge in [0.15, 0.2) is 0 Å². The molecule has 4 nitrogen and oxygen atoms in total. The number of nitrogens with one attached hydrogen (secondary N) is 2. The number of hydrogen-bond donors (Lipinski definition) is 2. The molecule has 1 aromatic heterocycles. The van der Waals surface area contributed by atoms with Crippen molar-refractivity contribution in [2.75, 3.05) is 10.9 Å². The van der Waals surface area contributed by atoms with E-state index in [1.807, 2.05) is 18.2 Å². The summed E-state index contributed by atoms with van der Waals surface area (Å²) in [6, 6.07) is 7.88. The molecule has 0 spiro atoms. The van der Waals surface area contributed by atoms with Crippen LogP contribution >= 0.6 is 32.1 Å². The van der Waals surface area contributed by atoms with Crippen LogP contribution in [0.2, 0.25) is 0 Å². The minimum atomic E-state index is 0.00371. The summed E-state index contributed by atoms with van der Waals surface area (Å²) in [6.45, 7) is 0.690. The van der Waals surface area contributed by atoms with Gasteiger partial charge in [-0.05, 0) is 45.6 Å². The molecule has 0 aliphatic carbocycles. The summed E-state index contributed by atoms with van der Waals surface area (Å²) in [4.78, 5) is 16.1. The molecule has 0 unspecified atom stereocenters. The number of pyridine rings is 1. The summed E-state index contributed by atoms with van der Waals surface area (Å²) in [5.41, 5.74) is 3.85. The molecule has 6 heteroatoms. The predicted molar refractivity (Wildman–Crippen MR) is 86.0 cm³/mol. The van der Waals surface area contributed by atoms with Crippen molar-refractivity contribution in [2.45, 2.75) is 6.42 Å². The van der Waals surface area contributed by atoms with Crippen molar-refractivity contribution >= 4 is 43.8 Å². The minimum Gasteiger partial charge on any atom is -0.352 e. The molecule has 3 rings (SSSR count). The van der Waals surface area contributed by atoms with Crippen LogP contribution in [0.5, 0.6) is 0 Å². The maximum atomic E-state index is 11.8. The molecule has 0 bridgehead atoms. The normalized spacial score (nSPS) is 13.6. The van der Waals surface area contributed by atoms with Crippen LogP contribution in [0.4, 0.5) is 5.82 Å². The van der Waals surface area contributed by atoms with Crippen LogP contribution in [0.25, 0.3) is 11.1 Å². The molecule has 2 heterocycles. The van der Waals surface area contributed by atoms with E-state index in [2.05, 4.69) is 52.8 Å². The largest absolute Gasteiger partial charge is 0.352 e. The Kier molecular flexibility index (Phi) is 3.76. The number of carbonyl (C=O) groups is 1. The topological polar surface area (TPSA) is 54.0 Å². The van der Waals surface area contributed by atoms with Crippen LogP contribution in [0.1, 0.15) is 15.9 Å². The predicted octanol–water partition coefficient (Wildman–Crippen LogP) is 3.52. The molecule has 1 amide bonds. The van der Waals surface area contributed by atoms with E-state index >= 15 is 0 Å². The van der Waals surface area contributed by atoms with E-state index in [1.165, 1.54) is 0 Å². The zero-order chi connectivity index (χ0) is 14.1. The lowest BCUT2D eigenvalue weighted by Gasteiger charge is -2.17. The van der Waals surface area contributed by atoms with Crippen molar-refractivity contribution in [1.29, 1.82) is 0 Å². The first-order valence-electron chi connectivity index (χ1n) is 6.13.